The van der Waals surface area contributed by atoms with Crippen molar-refractivity contribution in [3.63, 3.8) is 0 Å². The summed E-state index contributed by atoms with van der Waals surface area (Å²) in [6, 6.07) is 8.79. The van der Waals surface area contributed by atoms with Crippen molar-refractivity contribution in [2.75, 3.05) is 7.11 Å². The number of nitrogens with two attached hydrogens (primary N) is 1. The molecule has 1 fully saturated rings. The van der Waals surface area contributed by atoms with Gasteiger partial charge in [0.05, 0.1) is 7.11 Å². The zero-order chi connectivity index (χ0) is 14.9. The van der Waals surface area contributed by atoms with Crippen LogP contribution in [0.4, 0.5) is 0 Å². The van der Waals surface area contributed by atoms with Gasteiger partial charge in [0.2, 0.25) is 0 Å². The van der Waals surface area contributed by atoms with Crippen molar-refractivity contribution in [1.82, 2.24) is 5.43 Å². The van der Waals surface area contributed by atoms with Crippen LogP contribution in [0.25, 0.3) is 0 Å². The minimum Gasteiger partial charge on any atom is -0.497 e. The predicted octanol–water partition coefficient (Wildman–Crippen LogP) is 3.82. The Morgan fingerprint density at radius 2 is 1.86 bits per heavy atom. The molecular weight excluding hydrogens is 260 g/mol. The third-order valence-electron chi connectivity index (χ3n) is 4.82. The third-order valence-corrected chi connectivity index (χ3v) is 4.82. The van der Waals surface area contributed by atoms with Crippen LogP contribution in [0.3, 0.4) is 0 Å². The fourth-order valence-electron chi connectivity index (χ4n) is 3.36. The molecule has 118 valence electrons. The van der Waals surface area contributed by atoms with E-state index in [0.717, 1.165) is 24.5 Å². The van der Waals surface area contributed by atoms with Crippen LogP contribution >= 0.6 is 0 Å². The number of hydrogen-bond donors (Lipinski definition) is 2. The highest BCUT2D eigenvalue weighted by atomic mass is 16.5. The number of aryl methyl sites for hydroxylation is 1. The van der Waals surface area contributed by atoms with E-state index in [1.54, 1.807) is 7.11 Å². The molecule has 1 atom stereocenters. The Labute approximate surface area is 129 Å². The lowest BCUT2D eigenvalue weighted by atomic mass is 9.85. The number of benzene rings is 1. The van der Waals surface area contributed by atoms with E-state index in [4.69, 9.17) is 10.6 Å². The Kier molecular flexibility index (Phi) is 7.04. The van der Waals surface area contributed by atoms with Gasteiger partial charge < -0.3 is 4.74 Å². The van der Waals surface area contributed by atoms with Crippen LogP contribution in [0.15, 0.2) is 24.3 Å². The van der Waals surface area contributed by atoms with E-state index < -0.39 is 0 Å². The molecule has 2 rings (SSSR count). The van der Waals surface area contributed by atoms with Crippen LogP contribution in [0, 0.1) is 5.92 Å². The summed E-state index contributed by atoms with van der Waals surface area (Å²) in [5.74, 6) is 7.59. The highest BCUT2D eigenvalue weighted by Gasteiger charge is 2.15. The lowest BCUT2D eigenvalue weighted by Crippen LogP contribution is -2.35. The molecule has 0 spiro atoms. The van der Waals surface area contributed by atoms with E-state index in [0.29, 0.717) is 6.04 Å². The zero-order valence-electron chi connectivity index (χ0n) is 13.3. The first-order valence-electron chi connectivity index (χ1n) is 8.41. The van der Waals surface area contributed by atoms with E-state index in [2.05, 4.69) is 17.6 Å². The number of nitrogens with one attached hydrogen (secondary N) is 1. The lowest BCUT2D eigenvalue weighted by Gasteiger charge is -2.24. The largest absolute Gasteiger partial charge is 0.497 e. The summed E-state index contributed by atoms with van der Waals surface area (Å²) < 4.78 is 5.19. The van der Waals surface area contributed by atoms with Crippen molar-refractivity contribution in [3.8, 4) is 5.75 Å². The SMILES string of the molecule is COc1ccc(CCC(CCC2CCCCC2)NN)cc1. The Morgan fingerprint density at radius 1 is 1.14 bits per heavy atom. The van der Waals surface area contributed by atoms with Gasteiger partial charge in [-0.05, 0) is 49.3 Å². The Morgan fingerprint density at radius 3 is 2.48 bits per heavy atom. The standard InChI is InChI=1S/C18H30N2O/c1-21-18-13-9-16(10-14-18)8-12-17(20-19)11-7-15-5-3-2-4-6-15/h9-10,13-15,17,20H,2-8,11-12,19H2,1H3. The molecule has 21 heavy (non-hydrogen) atoms. The van der Waals surface area contributed by atoms with Crippen molar-refractivity contribution in [2.24, 2.45) is 11.8 Å². The number of ether oxygens (including phenoxy) is 1. The zero-order valence-corrected chi connectivity index (χ0v) is 13.3. The molecule has 0 heterocycles. The molecular formula is C18H30N2O. The first-order valence-corrected chi connectivity index (χ1v) is 8.41. The van der Waals surface area contributed by atoms with Gasteiger partial charge in [-0.1, -0.05) is 44.2 Å². The summed E-state index contributed by atoms with van der Waals surface area (Å²) in [5, 5.41) is 0. The van der Waals surface area contributed by atoms with Gasteiger partial charge in [-0.3, -0.25) is 11.3 Å². The molecule has 3 nitrogen and oxygen atoms in total. The first-order chi connectivity index (χ1) is 10.3. The second-order valence-corrected chi connectivity index (χ2v) is 6.33. The minimum absolute atomic E-state index is 0.439. The van der Waals surface area contributed by atoms with Gasteiger partial charge in [-0.2, -0.15) is 0 Å². The van der Waals surface area contributed by atoms with Gasteiger partial charge in [0.25, 0.3) is 0 Å². The quantitative estimate of drug-likeness (QED) is 0.565. The van der Waals surface area contributed by atoms with E-state index >= 15 is 0 Å². The number of hydrazine groups is 1. The third kappa shape index (κ3) is 5.68. The summed E-state index contributed by atoms with van der Waals surface area (Å²) >= 11 is 0. The van der Waals surface area contributed by atoms with Crippen molar-refractivity contribution in [2.45, 2.75) is 63.8 Å². The molecule has 0 radical (unpaired) electrons. The maximum absolute atomic E-state index is 5.73. The summed E-state index contributed by atoms with van der Waals surface area (Å²) in [6.07, 6.45) is 11.9. The number of methoxy groups -OCH3 is 1. The highest BCUT2D eigenvalue weighted by molar-refractivity contribution is 5.27. The van der Waals surface area contributed by atoms with Gasteiger partial charge in [0.1, 0.15) is 5.75 Å². The molecule has 3 N–H and O–H groups in total. The number of hydrogen-bond acceptors (Lipinski definition) is 3. The maximum atomic E-state index is 5.73. The molecule has 1 aliphatic rings. The molecule has 0 bridgehead atoms. The fraction of sp³-hybridized carbons (Fsp3) is 0.667. The molecule has 1 saturated carbocycles. The monoisotopic (exact) mass is 290 g/mol. The molecule has 0 amide bonds. The fourth-order valence-corrected chi connectivity index (χ4v) is 3.36. The van der Waals surface area contributed by atoms with Gasteiger partial charge in [-0.15, -0.1) is 0 Å². The van der Waals surface area contributed by atoms with E-state index in [1.165, 1.54) is 50.5 Å². The van der Waals surface area contributed by atoms with Crippen LogP contribution < -0.4 is 16.0 Å². The average molecular weight is 290 g/mol. The summed E-state index contributed by atoms with van der Waals surface area (Å²) in [6.45, 7) is 0. The summed E-state index contributed by atoms with van der Waals surface area (Å²) in [4.78, 5) is 0. The normalized spacial score (nSPS) is 17.6. The highest BCUT2D eigenvalue weighted by Crippen LogP contribution is 2.28. The van der Waals surface area contributed by atoms with Gasteiger partial charge >= 0.3 is 0 Å². The molecule has 3 heteroatoms. The van der Waals surface area contributed by atoms with Crippen LogP contribution in [0.5, 0.6) is 5.75 Å². The molecule has 0 aliphatic heterocycles. The second-order valence-electron chi connectivity index (χ2n) is 6.33. The summed E-state index contributed by atoms with van der Waals surface area (Å²) in [5.41, 5.74) is 4.37. The van der Waals surface area contributed by atoms with Gasteiger partial charge in [-0.25, -0.2) is 0 Å². The smallest absolute Gasteiger partial charge is 0.118 e. The second kappa shape index (κ2) is 9.06. The minimum atomic E-state index is 0.439. The van der Waals surface area contributed by atoms with E-state index in [-0.39, 0.29) is 0 Å². The van der Waals surface area contributed by atoms with Crippen molar-refractivity contribution < 1.29 is 4.74 Å². The average Bonchev–Trinajstić information content (AvgIpc) is 2.56. The van der Waals surface area contributed by atoms with Crippen LogP contribution in [0.1, 0.15) is 56.9 Å². The summed E-state index contributed by atoms with van der Waals surface area (Å²) in [7, 11) is 1.70. The first kappa shape index (κ1) is 16.3. The molecule has 1 aromatic rings. The Hall–Kier alpha value is -1.06. The van der Waals surface area contributed by atoms with Crippen LogP contribution in [-0.2, 0) is 6.42 Å². The van der Waals surface area contributed by atoms with E-state index in [1.807, 2.05) is 12.1 Å². The van der Waals surface area contributed by atoms with E-state index in [9.17, 15) is 0 Å². The Bertz CT molecular complexity index is 385. The van der Waals surface area contributed by atoms with Crippen LogP contribution in [-0.4, -0.2) is 13.2 Å². The van der Waals surface area contributed by atoms with Crippen LogP contribution in [0.2, 0.25) is 0 Å². The van der Waals surface area contributed by atoms with Crippen molar-refractivity contribution in [1.29, 1.82) is 0 Å². The lowest BCUT2D eigenvalue weighted by molar-refractivity contribution is 0.309. The molecule has 1 aliphatic carbocycles. The van der Waals surface area contributed by atoms with Gasteiger partial charge in [0.15, 0.2) is 0 Å². The number of rotatable bonds is 8. The molecule has 1 unspecified atom stereocenters. The molecule has 1 aromatic carbocycles. The predicted molar refractivity (Wildman–Crippen MR) is 88.2 cm³/mol. The molecule has 0 aromatic heterocycles. The van der Waals surface area contributed by atoms with Crippen molar-refractivity contribution in [3.05, 3.63) is 29.8 Å². The van der Waals surface area contributed by atoms with Crippen molar-refractivity contribution >= 4 is 0 Å². The Balaban J connectivity index is 1.70. The van der Waals surface area contributed by atoms with Gasteiger partial charge in [0, 0.05) is 6.04 Å². The topological polar surface area (TPSA) is 47.3 Å². The maximum Gasteiger partial charge on any atom is 0.118 e. The molecule has 0 saturated heterocycles.